The first-order valence-corrected chi connectivity index (χ1v) is 10.2. The van der Waals surface area contributed by atoms with Crippen molar-refractivity contribution >= 4 is 11.6 Å². The van der Waals surface area contributed by atoms with Crippen LogP contribution in [0.15, 0.2) is 121 Å². The molecule has 0 aromatic heterocycles. The van der Waals surface area contributed by atoms with Crippen LogP contribution in [0.3, 0.4) is 0 Å². The van der Waals surface area contributed by atoms with Crippen LogP contribution in [0, 0.1) is 0 Å². The van der Waals surface area contributed by atoms with E-state index in [-0.39, 0.29) is 11.6 Å². The van der Waals surface area contributed by atoms with Crippen molar-refractivity contribution in [2.45, 2.75) is 11.2 Å². The number of hydrogen-bond acceptors (Lipinski definition) is 3. The summed E-state index contributed by atoms with van der Waals surface area (Å²) in [7, 11) is 0. The highest BCUT2D eigenvalue weighted by molar-refractivity contribution is 6.16. The van der Waals surface area contributed by atoms with E-state index in [1.807, 2.05) is 97.1 Å². The van der Waals surface area contributed by atoms with Gasteiger partial charge in [0.15, 0.2) is 11.2 Å². The lowest BCUT2D eigenvalue weighted by Crippen LogP contribution is -2.36. The molecule has 0 bridgehead atoms. The summed E-state index contributed by atoms with van der Waals surface area (Å²) < 4.78 is 6.40. The van der Waals surface area contributed by atoms with Gasteiger partial charge in [0, 0.05) is 11.1 Å². The topological polar surface area (TPSA) is 46.7 Å². The zero-order valence-electron chi connectivity index (χ0n) is 16.8. The Morgan fingerprint density at radius 2 is 0.742 bits per heavy atom. The lowest BCUT2D eigenvalue weighted by atomic mass is 9.73. The van der Waals surface area contributed by atoms with Gasteiger partial charge in [0.2, 0.25) is 11.6 Å². The molecule has 3 heteroatoms. The average Bonchev–Trinajstić information content (AvgIpc) is 3.58. The molecule has 5 rings (SSSR count). The van der Waals surface area contributed by atoms with Crippen LogP contribution in [0.1, 0.15) is 31.8 Å². The lowest BCUT2D eigenvalue weighted by Gasteiger charge is -2.20. The van der Waals surface area contributed by atoms with Gasteiger partial charge < -0.3 is 4.74 Å². The highest BCUT2D eigenvalue weighted by atomic mass is 16.6. The van der Waals surface area contributed by atoms with Gasteiger partial charge in [0.05, 0.1) is 0 Å². The first-order valence-electron chi connectivity index (χ1n) is 10.2. The number of carbonyl (C=O) groups is 2. The maximum Gasteiger partial charge on any atom is 0.203 e. The molecule has 150 valence electrons. The first-order chi connectivity index (χ1) is 15.2. The standard InChI is InChI=1S/C28H20O3/c29-25(21-13-5-1-6-14-21)27(23-17-9-3-10-18-23)28(31-27,24-19-11-4-12-20-24)26(30)22-15-7-2-8-16-22/h1-20H/t27-,28+. The first kappa shape index (κ1) is 19.2. The summed E-state index contributed by atoms with van der Waals surface area (Å²) in [4.78, 5) is 28.0. The van der Waals surface area contributed by atoms with Gasteiger partial charge in [-0.3, -0.25) is 9.59 Å². The minimum atomic E-state index is -1.44. The van der Waals surface area contributed by atoms with E-state index < -0.39 is 11.2 Å². The van der Waals surface area contributed by atoms with Gasteiger partial charge in [-0.1, -0.05) is 121 Å². The Morgan fingerprint density at radius 3 is 1.06 bits per heavy atom. The number of benzene rings is 4. The molecule has 3 nitrogen and oxygen atoms in total. The second kappa shape index (κ2) is 7.46. The van der Waals surface area contributed by atoms with Crippen molar-refractivity contribution in [1.82, 2.24) is 0 Å². The molecule has 0 N–H and O–H groups in total. The molecule has 1 heterocycles. The number of carbonyl (C=O) groups excluding carboxylic acids is 2. The Balaban J connectivity index is 1.77. The summed E-state index contributed by atoms with van der Waals surface area (Å²) in [6.07, 6.45) is 0. The van der Waals surface area contributed by atoms with E-state index in [0.717, 1.165) is 0 Å². The third kappa shape index (κ3) is 2.86. The molecule has 1 aliphatic rings. The molecule has 31 heavy (non-hydrogen) atoms. The molecule has 1 aliphatic heterocycles. The summed E-state index contributed by atoms with van der Waals surface area (Å²) in [5.74, 6) is -0.458. The molecule has 1 fully saturated rings. The molecule has 1 saturated heterocycles. The zero-order valence-corrected chi connectivity index (χ0v) is 16.8. The van der Waals surface area contributed by atoms with Gasteiger partial charge in [0.25, 0.3) is 0 Å². The summed E-state index contributed by atoms with van der Waals surface area (Å²) in [5.41, 5.74) is -0.544. The zero-order chi connectivity index (χ0) is 21.3. The van der Waals surface area contributed by atoms with E-state index in [0.29, 0.717) is 22.3 Å². The third-order valence-electron chi connectivity index (χ3n) is 5.83. The fourth-order valence-corrected chi connectivity index (χ4v) is 4.33. The molecule has 2 atom stereocenters. The molecular weight excluding hydrogens is 384 g/mol. The van der Waals surface area contributed by atoms with Gasteiger partial charge in [-0.05, 0) is 11.1 Å². The Morgan fingerprint density at radius 1 is 0.452 bits per heavy atom. The SMILES string of the molecule is O=C(c1ccccc1)[C@]1(c2ccccc2)O[C@@]1(C(=O)c1ccccc1)c1ccccc1. The number of Topliss-reactive ketones (excluding diaryl/α,β-unsaturated/α-hetero) is 2. The average molecular weight is 404 g/mol. The van der Waals surface area contributed by atoms with Gasteiger partial charge in [0.1, 0.15) is 0 Å². The van der Waals surface area contributed by atoms with Gasteiger partial charge >= 0.3 is 0 Å². The van der Waals surface area contributed by atoms with Crippen molar-refractivity contribution in [1.29, 1.82) is 0 Å². The normalized spacial score (nSPS) is 21.9. The Hall–Kier alpha value is -3.82. The molecular formula is C28H20O3. The maximum atomic E-state index is 14.0. The Labute approximate surface area is 180 Å². The van der Waals surface area contributed by atoms with Gasteiger partial charge in [-0.2, -0.15) is 0 Å². The van der Waals surface area contributed by atoms with Crippen molar-refractivity contribution in [3.8, 4) is 0 Å². The number of hydrogen-bond donors (Lipinski definition) is 0. The smallest absolute Gasteiger partial charge is 0.203 e. The third-order valence-corrected chi connectivity index (χ3v) is 5.83. The minimum absolute atomic E-state index is 0.229. The number of ether oxygens (including phenoxy) is 1. The van der Waals surface area contributed by atoms with Crippen molar-refractivity contribution in [2.75, 3.05) is 0 Å². The van der Waals surface area contributed by atoms with Gasteiger partial charge in [-0.15, -0.1) is 0 Å². The monoisotopic (exact) mass is 404 g/mol. The molecule has 0 spiro atoms. The Kier molecular flexibility index (Phi) is 4.61. The minimum Gasteiger partial charge on any atom is -0.335 e. The van der Waals surface area contributed by atoms with Crippen LogP contribution < -0.4 is 0 Å². The van der Waals surface area contributed by atoms with Crippen LogP contribution in [0.5, 0.6) is 0 Å². The molecule has 0 saturated carbocycles. The fourth-order valence-electron chi connectivity index (χ4n) is 4.33. The summed E-state index contributed by atoms with van der Waals surface area (Å²) >= 11 is 0. The predicted octanol–water partition coefficient (Wildman–Crippen LogP) is 5.57. The number of epoxide rings is 1. The largest absolute Gasteiger partial charge is 0.335 e. The highest BCUT2D eigenvalue weighted by Crippen LogP contribution is 2.65. The van der Waals surface area contributed by atoms with Crippen LogP contribution in [0.2, 0.25) is 0 Å². The second-order valence-electron chi connectivity index (χ2n) is 7.59. The molecule has 0 amide bonds. The second-order valence-corrected chi connectivity index (χ2v) is 7.59. The van der Waals surface area contributed by atoms with Crippen LogP contribution in [-0.2, 0) is 15.9 Å². The number of ketones is 2. The summed E-state index contributed by atoms with van der Waals surface area (Å²) in [5, 5.41) is 0. The van der Waals surface area contributed by atoms with E-state index in [2.05, 4.69) is 0 Å². The van der Waals surface area contributed by atoms with Crippen molar-refractivity contribution in [3.05, 3.63) is 144 Å². The van der Waals surface area contributed by atoms with Crippen LogP contribution in [-0.4, -0.2) is 11.6 Å². The van der Waals surface area contributed by atoms with E-state index in [9.17, 15) is 9.59 Å². The maximum absolute atomic E-state index is 14.0. The van der Waals surface area contributed by atoms with Crippen molar-refractivity contribution in [2.24, 2.45) is 0 Å². The summed E-state index contributed by atoms with van der Waals surface area (Å²) in [6, 6.07) is 36.7. The molecule has 0 radical (unpaired) electrons. The molecule has 0 aliphatic carbocycles. The van der Waals surface area contributed by atoms with Crippen LogP contribution in [0.4, 0.5) is 0 Å². The van der Waals surface area contributed by atoms with Crippen molar-refractivity contribution < 1.29 is 14.3 Å². The Bertz CT molecular complexity index is 1120. The van der Waals surface area contributed by atoms with E-state index in [4.69, 9.17) is 4.74 Å². The predicted molar refractivity (Wildman–Crippen MR) is 119 cm³/mol. The van der Waals surface area contributed by atoms with Crippen LogP contribution in [0.25, 0.3) is 0 Å². The van der Waals surface area contributed by atoms with Gasteiger partial charge in [-0.25, -0.2) is 0 Å². The van der Waals surface area contributed by atoms with Crippen LogP contribution >= 0.6 is 0 Å². The fraction of sp³-hybridized carbons (Fsp3) is 0.0714. The van der Waals surface area contributed by atoms with E-state index in [1.165, 1.54) is 0 Å². The summed E-state index contributed by atoms with van der Waals surface area (Å²) in [6.45, 7) is 0. The molecule has 4 aromatic carbocycles. The number of rotatable bonds is 6. The van der Waals surface area contributed by atoms with E-state index in [1.54, 1.807) is 24.3 Å². The quantitative estimate of drug-likeness (QED) is 0.312. The molecule has 4 aromatic rings. The lowest BCUT2D eigenvalue weighted by molar-refractivity contribution is 0.0865. The van der Waals surface area contributed by atoms with E-state index >= 15 is 0 Å². The highest BCUT2D eigenvalue weighted by Gasteiger charge is 2.79. The van der Waals surface area contributed by atoms with Crippen molar-refractivity contribution in [3.63, 3.8) is 0 Å². The molecule has 0 unspecified atom stereocenters.